The summed E-state index contributed by atoms with van der Waals surface area (Å²) >= 11 is 0. The molecule has 1 aliphatic carbocycles. The maximum absolute atomic E-state index is 10.7. The summed E-state index contributed by atoms with van der Waals surface area (Å²) in [6, 6.07) is 2.18. The molecule has 0 spiro atoms. The Balaban J connectivity index is 1.36. The number of aliphatic hydroxyl groups is 1. The van der Waals surface area contributed by atoms with Crippen LogP contribution in [0.25, 0.3) is 0 Å². The van der Waals surface area contributed by atoms with E-state index >= 15 is 0 Å². The molecule has 1 N–H and O–H groups in total. The Morgan fingerprint density at radius 3 is 2.81 bits per heavy atom. The van der Waals surface area contributed by atoms with Gasteiger partial charge in [0.1, 0.15) is 11.3 Å². The van der Waals surface area contributed by atoms with E-state index in [1.54, 1.807) is 0 Å². The van der Waals surface area contributed by atoms with Gasteiger partial charge >= 0.3 is 0 Å². The van der Waals surface area contributed by atoms with E-state index in [1.807, 2.05) is 29.5 Å². The smallest absolute Gasteiger partial charge is 0.114 e. The molecule has 1 unspecified atom stereocenters. The predicted octanol–water partition coefficient (Wildman–Crippen LogP) is 1.99. The molecule has 4 rings (SSSR count). The zero-order valence-electron chi connectivity index (χ0n) is 15.9. The fourth-order valence-electron chi connectivity index (χ4n) is 4.57. The zero-order chi connectivity index (χ0) is 18.1. The van der Waals surface area contributed by atoms with E-state index in [2.05, 4.69) is 26.4 Å². The van der Waals surface area contributed by atoms with Crippen LogP contribution in [-0.2, 0) is 25.7 Å². The topological polar surface area (TPSA) is 72.0 Å². The third-order valence-corrected chi connectivity index (χ3v) is 5.98. The van der Waals surface area contributed by atoms with Gasteiger partial charge in [-0.25, -0.2) is 0 Å². The minimum absolute atomic E-state index is 0.575. The van der Waals surface area contributed by atoms with E-state index < -0.39 is 5.60 Å². The maximum atomic E-state index is 10.7. The Hall–Kier alpha value is -1.73. The van der Waals surface area contributed by atoms with Crippen molar-refractivity contribution in [1.82, 2.24) is 29.7 Å². The molecule has 0 aromatic carbocycles. The second-order valence-electron chi connectivity index (χ2n) is 8.21. The zero-order valence-corrected chi connectivity index (χ0v) is 15.9. The average molecular weight is 358 g/mol. The van der Waals surface area contributed by atoms with Crippen LogP contribution in [-0.4, -0.2) is 47.9 Å². The summed E-state index contributed by atoms with van der Waals surface area (Å²) in [4.78, 5) is 2.52. The van der Waals surface area contributed by atoms with Crippen LogP contribution < -0.4 is 0 Å². The van der Waals surface area contributed by atoms with Crippen molar-refractivity contribution in [2.24, 2.45) is 13.0 Å². The SMILES string of the molecule is Cc1cc(CN2CCCC(Cn3cc(C4(O)CCCC4)nn3)C2)n(C)n1. The standard InChI is InChI=1S/C19H30N6O/c1-15-10-17(23(2)21-15)13-24-9-5-6-16(11-24)12-25-14-18(20-22-25)19(26)7-3-4-8-19/h10,14,16,26H,3-9,11-13H2,1-2H3. The first-order chi connectivity index (χ1) is 12.5. The lowest BCUT2D eigenvalue weighted by atomic mass is 9.97. The Labute approximate surface area is 155 Å². The molecule has 2 fully saturated rings. The molecular weight excluding hydrogens is 328 g/mol. The van der Waals surface area contributed by atoms with E-state index in [0.717, 1.165) is 63.3 Å². The number of piperidine rings is 1. The Kier molecular flexibility index (Phi) is 4.84. The quantitative estimate of drug-likeness (QED) is 0.885. The van der Waals surface area contributed by atoms with Gasteiger partial charge in [0.2, 0.25) is 0 Å². The summed E-state index contributed by atoms with van der Waals surface area (Å²) in [5.74, 6) is 0.575. The Morgan fingerprint density at radius 1 is 1.27 bits per heavy atom. The van der Waals surface area contributed by atoms with Gasteiger partial charge in [0.25, 0.3) is 0 Å². The minimum Gasteiger partial charge on any atom is -0.383 e. The van der Waals surface area contributed by atoms with E-state index in [-0.39, 0.29) is 0 Å². The molecule has 0 bridgehead atoms. The van der Waals surface area contributed by atoms with Crippen molar-refractivity contribution in [2.45, 2.75) is 64.1 Å². The molecule has 142 valence electrons. The molecule has 0 radical (unpaired) electrons. The molecule has 1 aliphatic heterocycles. The van der Waals surface area contributed by atoms with Crippen molar-refractivity contribution < 1.29 is 5.11 Å². The summed E-state index contributed by atoms with van der Waals surface area (Å²) in [6.07, 6.45) is 8.19. The van der Waals surface area contributed by atoms with Crippen LogP contribution in [0.15, 0.2) is 12.3 Å². The first-order valence-electron chi connectivity index (χ1n) is 9.87. The first kappa shape index (κ1) is 17.7. The fraction of sp³-hybridized carbons (Fsp3) is 0.737. The average Bonchev–Trinajstić information content (AvgIpc) is 3.31. The van der Waals surface area contributed by atoms with Crippen LogP contribution >= 0.6 is 0 Å². The first-order valence-corrected chi connectivity index (χ1v) is 9.87. The summed E-state index contributed by atoms with van der Waals surface area (Å²) in [5.41, 5.74) is 2.37. The number of aryl methyl sites for hydroxylation is 2. The summed E-state index contributed by atoms with van der Waals surface area (Å²) in [5, 5.41) is 23.7. The predicted molar refractivity (Wildman–Crippen MR) is 98.3 cm³/mol. The van der Waals surface area contributed by atoms with E-state index in [9.17, 15) is 5.11 Å². The van der Waals surface area contributed by atoms with Gasteiger partial charge in [0.15, 0.2) is 0 Å². The maximum Gasteiger partial charge on any atom is 0.114 e. The van der Waals surface area contributed by atoms with E-state index in [0.29, 0.717) is 5.92 Å². The van der Waals surface area contributed by atoms with E-state index in [4.69, 9.17) is 0 Å². The van der Waals surface area contributed by atoms with Crippen LogP contribution in [0.2, 0.25) is 0 Å². The third-order valence-electron chi connectivity index (χ3n) is 5.98. The molecule has 1 atom stereocenters. The third kappa shape index (κ3) is 3.69. The number of hydrogen-bond acceptors (Lipinski definition) is 5. The highest BCUT2D eigenvalue weighted by Crippen LogP contribution is 2.37. The molecule has 7 nitrogen and oxygen atoms in total. The van der Waals surface area contributed by atoms with Gasteiger partial charge in [-0.05, 0) is 51.1 Å². The van der Waals surface area contributed by atoms with Gasteiger partial charge in [0, 0.05) is 26.7 Å². The summed E-state index contributed by atoms with van der Waals surface area (Å²) in [6.45, 7) is 6.09. The molecule has 26 heavy (non-hydrogen) atoms. The van der Waals surface area contributed by atoms with Gasteiger partial charge in [-0.3, -0.25) is 14.3 Å². The molecular formula is C19H30N6O. The largest absolute Gasteiger partial charge is 0.383 e. The number of hydrogen-bond donors (Lipinski definition) is 1. The molecule has 0 amide bonds. The highest BCUT2D eigenvalue weighted by Gasteiger charge is 2.36. The van der Waals surface area contributed by atoms with Crippen molar-refractivity contribution in [2.75, 3.05) is 13.1 Å². The van der Waals surface area contributed by atoms with Crippen molar-refractivity contribution in [3.05, 3.63) is 29.3 Å². The van der Waals surface area contributed by atoms with Crippen LogP contribution in [0.4, 0.5) is 0 Å². The highest BCUT2D eigenvalue weighted by molar-refractivity contribution is 5.09. The van der Waals surface area contributed by atoms with Crippen LogP contribution in [0, 0.1) is 12.8 Å². The minimum atomic E-state index is -0.742. The van der Waals surface area contributed by atoms with Crippen molar-refractivity contribution in [3.8, 4) is 0 Å². The van der Waals surface area contributed by atoms with E-state index in [1.165, 1.54) is 18.5 Å². The van der Waals surface area contributed by atoms with Crippen molar-refractivity contribution in [3.63, 3.8) is 0 Å². The monoisotopic (exact) mass is 358 g/mol. The fourth-order valence-corrected chi connectivity index (χ4v) is 4.57. The van der Waals surface area contributed by atoms with Crippen molar-refractivity contribution >= 4 is 0 Å². The Bertz CT molecular complexity index is 745. The van der Waals surface area contributed by atoms with Crippen LogP contribution in [0.1, 0.15) is 55.6 Å². The molecule has 2 aliphatic rings. The van der Waals surface area contributed by atoms with Gasteiger partial charge < -0.3 is 5.11 Å². The molecule has 1 saturated heterocycles. The van der Waals surface area contributed by atoms with Crippen molar-refractivity contribution in [1.29, 1.82) is 0 Å². The lowest BCUT2D eigenvalue weighted by Crippen LogP contribution is -2.37. The summed E-state index contributed by atoms with van der Waals surface area (Å²) < 4.78 is 3.93. The molecule has 7 heteroatoms. The number of likely N-dealkylation sites (tertiary alicyclic amines) is 1. The van der Waals surface area contributed by atoms with Gasteiger partial charge in [0.05, 0.1) is 17.6 Å². The number of aromatic nitrogens is 5. The molecule has 2 aromatic rings. The molecule has 1 saturated carbocycles. The second kappa shape index (κ2) is 7.12. The lowest BCUT2D eigenvalue weighted by molar-refractivity contribution is 0.0398. The van der Waals surface area contributed by atoms with Gasteiger partial charge in [-0.1, -0.05) is 18.1 Å². The summed E-state index contributed by atoms with van der Waals surface area (Å²) in [7, 11) is 2.02. The van der Waals surface area contributed by atoms with Crippen LogP contribution in [0.3, 0.4) is 0 Å². The number of rotatable bonds is 5. The van der Waals surface area contributed by atoms with Gasteiger partial charge in [-0.2, -0.15) is 5.10 Å². The van der Waals surface area contributed by atoms with Gasteiger partial charge in [-0.15, -0.1) is 5.10 Å². The highest BCUT2D eigenvalue weighted by atomic mass is 16.3. The Morgan fingerprint density at radius 2 is 2.08 bits per heavy atom. The normalized spacial score (nSPS) is 23.6. The molecule has 2 aromatic heterocycles. The second-order valence-corrected chi connectivity index (χ2v) is 8.21. The molecule has 3 heterocycles. The lowest BCUT2D eigenvalue weighted by Gasteiger charge is -2.32. The number of nitrogens with zero attached hydrogens (tertiary/aromatic N) is 6. The van der Waals surface area contributed by atoms with Crippen LogP contribution in [0.5, 0.6) is 0 Å².